The quantitative estimate of drug-likeness (QED) is 0.810. The molecule has 18 heavy (non-hydrogen) atoms. The molecule has 0 aromatic carbocycles. The van der Waals surface area contributed by atoms with Crippen molar-refractivity contribution < 1.29 is 0 Å². The van der Waals surface area contributed by atoms with Crippen molar-refractivity contribution in [3.63, 3.8) is 0 Å². The lowest BCUT2D eigenvalue weighted by Crippen LogP contribution is -2.51. The summed E-state index contributed by atoms with van der Waals surface area (Å²) in [7, 11) is 0. The zero-order valence-corrected chi connectivity index (χ0v) is 12.8. The van der Waals surface area contributed by atoms with Crippen molar-refractivity contribution >= 4 is 0 Å². The largest absolute Gasteiger partial charge is 0.311 e. The van der Waals surface area contributed by atoms with E-state index in [0.29, 0.717) is 5.54 Å². The molecule has 2 rings (SSSR count). The maximum Gasteiger partial charge on any atom is 0.0125 e. The van der Waals surface area contributed by atoms with Crippen LogP contribution in [0.5, 0.6) is 0 Å². The van der Waals surface area contributed by atoms with Gasteiger partial charge in [-0.3, -0.25) is 4.90 Å². The van der Waals surface area contributed by atoms with Crippen LogP contribution >= 0.6 is 0 Å². The molecule has 0 aromatic heterocycles. The van der Waals surface area contributed by atoms with Crippen molar-refractivity contribution in [2.45, 2.75) is 83.8 Å². The van der Waals surface area contributed by atoms with Gasteiger partial charge in [0, 0.05) is 30.7 Å². The topological polar surface area (TPSA) is 15.3 Å². The molecule has 2 heteroatoms. The third-order valence-electron chi connectivity index (χ3n) is 4.93. The van der Waals surface area contributed by atoms with E-state index in [-0.39, 0.29) is 0 Å². The Morgan fingerprint density at radius 1 is 0.833 bits per heavy atom. The smallest absolute Gasteiger partial charge is 0.0125 e. The second kappa shape index (κ2) is 5.92. The predicted octanol–water partition coefficient (Wildman–Crippen LogP) is 3.42. The molecule has 2 fully saturated rings. The number of piperidine rings is 1. The third-order valence-corrected chi connectivity index (χ3v) is 4.93. The Hall–Kier alpha value is -0.0800. The fourth-order valence-electron chi connectivity index (χ4n) is 3.48. The summed E-state index contributed by atoms with van der Waals surface area (Å²) < 4.78 is 0. The Morgan fingerprint density at radius 3 is 1.83 bits per heavy atom. The molecule has 1 saturated heterocycles. The molecule has 0 radical (unpaired) electrons. The van der Waals surface area contributed by atoms with Gasteiger partial charge in [0.2, 0.25) is 0 Å². The summed E-state index contributed by atoms with van der Waals surface area (Å²) in [5, 5.41) is 3.92. The fraction of sp³-hybridized carbons (Fsp3) is 1.00. The minimum absolute atomic E-state index is 0.352. The van der Waals surface area contributed by atoms with Crippen LogP contribution in [0.4, 0.5) is 0 Å². The number of hydrogen-bond donors (Lipinski definition) is 1. The van der Waals surface area contributed by atoms with Gasteiger partial charge in [0.1, 0.15) is 0 Å². The van der Waals surface area contributed by atoms with E-state index in [0.717, 1.165) is 18.0 Å². The Balaban J connectivity index is 1.70. The molecular weight excluding hydrogens is 220 g/mol. The number of nitrogens with one attached hydrogen (secondary N) is 1. The Morgan fingerprint density at radius 2 is 1.33 bits per heavy atom. The van der Waals surface area contributed by atoms with Crippen molar-refractivity contribution in [3.05, 3.63) is 0 Å². The summed E-state index contributed by atoms with van der Waals surface area (Å²) in [6, 6.07) is 1.59. The maximum absolute atomic E-state index is 3.92. The van der Waals surface area contributed by atoms with E-state index < -0.39 is 0 Å². The van der Waals surface area contributed by atoms with Gasteiger partial charge in [-0.1, -0.05) is 6.92 Å². The van der Waals surface area contributed by atoms with Gasteiger partial charge in [-0.05, 0) is 65.2 Å². The van der Waals surface area contributed by atoms with Gasteiger partial charge < -0.3 is 5.32 Å². The molecule has 1 aliphatic heterocycles. The third kappa shape index (κ3) is 3.96. The highest BCUT2D eigenvalue weighted by molar-refractivity contribution is 4.87. The second-order valence-electron chi connectivity index (χ2n) is 7.56. The molecule has 0 spiro atoms. The zero-order chi connectivity index (χ0) is 13.2. The van der Waals surface area contributed by atoms with E-state index in [1.165, 1.54) is 51.6 Å². The molecule has 1 saturated carbocycles. The summed E-state index contributed by atoms with van der Waals surface area (Å²) in [6.07, 6.45) is 8.34. The lowest BCUT2D eigenvalue weighted by Gasteiger charge is -2.42. The first-order chi connectivity index (χ1) is 8.45. The minimum Gasteiger partial charge on any atom is -0.311 e. The van der Waals surface area contributed by atoms with E-state index in [2.05, 4.69) is 37.9 Å². The lowest BCUT2D eigenvalue weighted by atomic mass is 9.86. The van der Waals surface area contributed by atoms with Crippen LogP contribution in [0.2, 0.25) is 0 Å². The zero-order valence-electron chi connectivity index (χ0n) is 12.8. The van der Waals surface area contributed by atoms with Crippen LogP contribution in [0.1, 0.15) is 66.2 Å². The molecular formula is C16H32N2. The molecule has 0 bridgehead atoms. The molecule has 2 aliphatic rings. The molecule has 1 aliphatic carbocycles. The molecule has 1 N–H and O–H groups in total. The Bertz CT molecular complexity index is 240. The highest BCUT2D eigenvalue weighted by Crippen LogP contribution is 2.25. The van der Waals surface area contributed by atoms with Crippen molar-refractivity contribution in [1.29, 1.82) is 0 Å². The lowest BCUT2D eigenvalue weighted by molar-refractivity contribution is 0.0914. The summed E-state index contributed by atoms with van der Waals surface area (Å²) in [5.41, 5.74) is 0.352. The van der Waals surface area contributed by atoms with E-state index in [9.17, 15) is 0 Å². The number of nitrogens with zero attached hydrogens (tertiary/aromatic N) is 1. The Kier molecular flexibility index (Phi) is 4.71. The number of hydrogen-bond acceptors (Lipinski definition) is 2. The predicted molar refractivity (Wildman–Crippen MR) is 78.9 cm³/mol. The van der Waals surface area contributed by atoms with Gasteiger partial charge >= 0.3 is 0 Å². The van der Waals surface area contributed by atoms with Crippen LogP contribution in [-0.2, 0) is 0 Å². The molecule has 2 nitrogen and oxygen atoms in total. The van der Waals surface area contributed by atoms with Gasteiger partial charge in [-0.2, -0.15) is 0 Å². The number of rotatable bonds is 2. The fourth-order valence-corrected chi connectivity index (χ4v) is 3.48. The van der Waals surface area contributed by atoms with Gasteiger partial charge in [0.15, 0.2) is 0 Å². The normalized spacial score (nSPS) is 32.7. The molecule has 0 unspecified atom stereocenters. The van der Waals surface area contributed by atoms with E-state index in [4.69, 9.17) is 0 Å². The van der Waals surface area contributed by atoms with Gasteiger partial charge in [-0.25, -0.2) is 0 Å². The monoisotopic (exact) mass is 252 g/mol. The van der Waals surface area contributed by atoms with Crippen molar-refractivity contribution in [1.82, 2.24) is 10.2 Å². The molecule has 1 heterocycles. The van der Waals surface area contributed by atoms with Crippen molar-refractivity contribution in [3.8, 4) is 0 Å². The highest BCUT2D eigenvalue weighted by atomic mass is 15.2. The minimum atomic E-state index is 0.352. The van der Waals surface area contributed by atoms with E-state index in [1.807, 2.05) is 0 Å². The van der Waals surface area contributed by atoms with Crippen LogP contribution in [0.25, 0.3) is 0 Å². The summed E-state index contributed by atoms with van der Waals surface area (Å²) in [6.45, 7) is 11.9. The van der Waals surface area contributed by atoms with Crippen LogP contribution in [0, 0.1) is 5.92 Å². The summed E-state index contributed by atoms with van der Waals surface area (Å²) in [4.78, 5) is 2.63. The molecule has 0 atom stereocenters. The van der Waals surface area contributed by atoms with Gasteiger partial charge in [-0.15, -0.1) is 0 Å². The first-order valence-electron chi connectivity index (χ1n) is 7.96. The Labute approximate surface area is 114 Å². The van der Waals surface area contributed by atoms with E-state index >= 15 is 0 Å². The van der Waals surface area contributed by atoms with E-state index in [1.54, 1.807) is 0 Å². The second-order valence-corrected chi connectivity index (χ2v) is 7.56. The highest BCUT2D eigenvalue weighted by Gasteiger charge is 2.28. The maximum atomic E-state index is 3.92. The first kappa shape index (κ1) is 14.3. The van der Waals surface area contributed by atoms with Crippen molar-refractivity contribution in [2.24, 2.45) is 5.92 Å². The number of likely N-dealkylation sites (tertiary alicyclic amines) is 1. The van der Waals surface area contributed by atoms with Gasteiger partial charge in [0.05, 0.1) is 0 Å². The van der Waals surface area contributed by atoms with Crippen LogP contribution < -0.4 is 5.32 Å². The molecule has 0 amide bonds. The average Bonchev–Trinajstić information content (AvgIpc) is 2.32. The first-order valence-corrected chi connectivity index (χ1v) is 7.96. The van der Waals surface area contributed by atoms with Crippen LogP contribution in [-0.4, -0.2) is 35.6 Å². The van der Waals surface area contributed by atoms with Crippen LogP contribution in [0.15, 0.2) is 0 Å². The summed E-state index contributed by atoms with van der Waals surface area (Å²) in [5.74, 6) is 0.964. The van der Waals surface area contributed by atoms with Crippen molar-refractivity contribution in [2.75, 3.05) is 13.1 Å². The van der Waals surface area contributed by atoms with Crippen LogP contribution in [0.3, 0.4) is 0 Å². The average molecular weight is 252 g/mol. The molecule has 106 valence electrons. The standard InChI is InChI=1S/C16H32N2/c1-13-5-7-14(8-6-13)17-15-9-11-18(12-10-15)16(2,3)4/h13-15,17H,5-12H2,1-4H3. The molecule has 0 aromatic rings. The summed E-state index contributed by atoms with van der Waals surface area (Å²) >= 11 is 0. The van der Waals surface area contributed by atoms with Gasteiger partial charge in [0.25, 0.3) is 0 Å². The SMILES string of the molecule is CC1CCC(NC2CCN(C(C)(C)C)CC2)CC1.